The summed E-state index contributed by atoms with van der Waals surface area (Å²) in [7, 11) is 0. The molecule has 8 aromatic rings. The number of benzene rings is 6. The van der Waals surface area contributed by atoms with Gasteiger partial charge in [0.15, 0.2) is 0 Å². The number of anilines is 3. The van der Waals surface area contributed by atoms with Crippen LogP contribution in [0, 0.1) is 26.0 Å². The first-order valence-corrected chi connectivity index (χ1v) is 19.5. The monoisotopic (exact) mass is 921 g/mol. The average Bonchev–Trinajstić information content (AvgIpc) is 3.72. The van der Waals surface area contributed by atoms with Crippen LogP contribution in [0.5, 0.6) is 0 Å². The fourth-order valence-electron chi connectivity index (χ4n) is 7.39. The van der Waals surface area contributed by atoms with Crippen LogP contribution in [0.25, 0.3) is 50.6 Å². The molecular formula is C52H46N4Pt. The van der Waals surface area contributed by atoms with E-state index in [1.807, 2.05) is 18.5 Å². The molecule has 0 aliphatic rings. The predicted molar refractivity (Wildman–Crippen MR) is 233 cm³/mol. The van der Waals surface area contributed by atoms with Gasteiger partial charge in [-0.3, -0.25) is 4.98 Å². The van der Waals surface area contributed by atoms with Crippen LogP contribution in [0.2, 0.25) is 0 Å². The topological polar surface area (TPSA) is 34.0 Å². The van der Waals surface area contributed by atoms with Crippen LogP contribution in [0.4, 0.5) is 17.1 Å². The largest absolute Gasteiger partial charge is 2.00 e. The molecule has 284 valence electrons. The summed E-state index contributed by atoms with van der Waals surface area (Å²) < 4.78 is 2.27. The van der Waals surface area contributed by atoms with Crippen LogP contribution < -0.4 is 4.90 Å². The normalized spacial score (nSPS) is 11.2. The molecule has 0 aliphatic heterocycles. The molecule has 0 N–H and O–H groups in total. The molecule has 0 spiro atoms. The molecule has 5 heteroatoms. The first kappa shape index (κ1) is 39.4. The second kappa shape index (κ2) is 17.1. The van der Waals surface area contributed by atoms with Gasteiger partial charge in [0, 0.05) is 30.0 Å². The molecule has 57 heavy (non-hydrogen) atoms. The Morgan fingerprint density at radius 1 is 0.544 bits per heavy atom. The molecule has 6 aromatic carbocycles. The van der Waals surface area contributed by atoms with Gasteiger partial charge in [-0.05, 0) is 106 Å². The molecule has 0 saturated carbocycles. The van der Waals surface area contributed by atoms with E-state index in [9.17, 15) is 0 Å². The smallest absolute Gasteiger partial charge is 0.346 e. The number of rotatable bonds is 10. The Balaban J connectivity index is 0.00000496. The van der Waals surface area contributed by atoms with Crippen LogP contribution in [0.3, 0.4) is 0 Å². The minimum absolute atomic E-state index is 0. The molecule has 0 fully saturated rings. The second-order valence-electron chi connectivity index (χ2n) is 15.1. The van der Waals surface area contributed by atoms with Gasteiger partial charge in [0.2, 0.25) is 0 Å². The van der Waals surface area contributed by atoms with Gasteiger partial charge in [-0.2, -0.15) is 0 Å². The Hall–Kier alpha value is -5.83. The van der Waals surface area contributed by atoms with E-state index in [4.69, 9.17) is 9.97 Å². The van der Waals surface area contributed by atoms with Gasteiger partial charge in [-0.1, -0.05) is 112 Å². The number of aromatic nitrogens is 3. The van der Waals surface area contributed by atoms with Crippen molar-refractivity contribution >= 4 is 17.1 Å². The molecule has 8 rings (SSSR count). The predicted octanol–water partition coefficient (Wildman–Crippen LogP) is 13.9. The average molecular weight is 922 g/mol. The van der Waals surface area contributed by atoms with Crippen molar-refractivity contribution in [2.75, 3.05) is 4.90 Å². The molecule has 0 atom stereocenters. The molecule has 0 saturated heterocycles. The Kier molecular flexibility index (Phi) is 11.8. The van der Waals surface area contributed by atoms with Crippen LogP contribution in [0.15, 0.2) is 158 Å². The van der Waals surface area contributed by atoms with Crippen molar-refractivity contribution in [3.05, 3.63) is 193 Å². The molecule has 0 amide bonds. The third kappa shape index (κ3) is 8.20. The van der Waals surface area contributed by atoms with E-state index in [0.29, 0.717) is 0 Å². The number of hydrogen-bond donors (Lipinski definition) is 0. The zero-order valence-corrected chi connectivity index (χ0v) is 35.5. The molecule has 4 nitrogen and oxygen atoms in total. The number of para-hydroxylation sites is 1. The fourth-order valence-corrected chi connectivity index (χ4v) is 7.39. The van der Waals surface area contributed by atoms with Gasteiger partial charge in [0.25, 0.3) is 0 Å². The van der Waals surface area contributed by atoms with Crippen molar-refractivity contribution in [3.8, 4) is 50.6 Å². The SMILES string of the molecule is Cc1cnc(-c2[c-]c(N(c3[c-]c(-c4nccn4-c4c(C(C)C)cc(-c5ccc(-c6ccccc6)cc5)cc4C(C)C)ccc3)c3ccccc3)ccc2)cc1C.[Pt+2]. The molecule has 0 radical (unpaired) electrons. The summed E-state index contributed by atoms with van der Waals surface area (Å²) in [5.41, 5.74) is 16.6. The summed E-state index contributed by atoms with van der Waals surface area (Å²) in [6.07, 6.45) is 5.94. The standard InChI is InChI=1S/C52H46N4.Pt/c1-35(2)48-32-44(41-25-23-40(24-26-41)39-15-9-7-10-16-39)33-49(36(3)4)51(48)55-28-27-53-52(55)43-18-14-22-47(31-43)56(45-19-11-8-12-20-45)46-21-13-17-42(30-46)50-29-37(5)38(6)34-54-50;/h7-29,32-36H,1-6H3;/q-2;+2. The van der Waals surface area contributed by atoms with E-state index in [1.54, 1.807) is 0 Å². The molecule has 2 heterocycles. The van der Waals surface area contributed by atoms with Gasteiger partial charge >= 0.3 is 21.1 Å². The third-order valence-corrected chi connectivity index (χ3v) is 10.6. The zero-order chi connectivity index (χ0) is 38.8. The first-order chi connectivity index (χ1) is 27.2. The van der Waals surface area contributed by atoms with Crippen molar-refractivity contribution in [2.24, 2.45) is 0 Å². The fraction of sp³-hybridized carbons (Fsp3) is 0.154. The summed E-state index contributed by atoms with van der Waals surface area (Å²) in [4.78, 5) is 12.0. The van der Waals surface area contributed by atoms with Crippen LogP contribution >= 0.6 is 0 Å². The summed E-state index contributed by atoms with van der Waals surface area (Å²) in [5, 5.41) is 0. The van der Waals surface area contributed by atoms with Crippen molar-refractivity contribution in [1.82, 2.24) is 14.5 Å². The number of aryl methyl sites for hydroxylation is 2. The maximum atomic E-state index is 4.99. The van der Waals surface area contributed by atoms with E-state index in [2.05, 4.69) is 203 Å². The van der Waals surface area contributed by atoms with Gasteiger partial charge in [0.05, 0.1) is 5.82 Å². The molecule has 2 aromatic heterocycles. The van der Waals surface area contributed by atoms with E-state index in [-0.39, 0.29) is 32.9 Å². The number of hydrogen-bond acceptors (Lipinski definition) is 3. The van der Waals surface area contributed by atoms with Crippen LogP contribution in [-0.2, 0) is 21.1 Å². The van der Waals surface area contributed by atoms with Crippen molar-refractivity contribution in [3.63, 3.8) is 0 Å². The molecule has 0 aliphatic carbocycles. The number of imidazole rings is 1. The van der Waals surface area contributed by atoms with Crippen molar-refractivity contribution in [1.29, 1.82) is 0 Å². The van der Waals surface area contributed by atoms with E-state index in [0.717, 1.165) is 39.7 Å². The van der Waals surface area contributed by atoms with Gasteiger partial charge in [-0.25, -0.2) is 0 Å². The summed E-state index contributed by atoms with van der Waals surface area (Å²) in [6.45, 7) is 13.3. The Morgan fingerprint density at radius 3 is 1.68 bits per heavy atom. The minimum Gasteiger partial charge on any atom is -0.346 e. The van der Waals surface area contributed by atoms with Gasteiger partial charge in [-0.15, -0.1) is 59.7 Å². The summed E-state index contributed by atoms with van der Waals surface area (Å²) >= 11 is 0. The molecular weight excluding hydrogens is 876 g/mol. The van der Waals surface area contributed by atoms with Crippen molar-refractivity contribution < 1.29 is 21.1 Å². The summed E-state index contributed by atoms with van der Waals surface area (Å²) in [6, 6.07) is 56.8. The number of pyridine rings is 1. The van der Waals surface area contributed by atoms with Gasteiger partial charge < -0.3 is 14.5 Å². The Bertz CT molecular complexity index is 2580. The van der Waals surface area contributed by atoms with Crippen LogP contribution in [0.1, 0.15) is 61.8 Å². The maximum Gasteiger partial charge on any atom is 2.00 e. The first-order valence-electron chi connectivity index (χ1n) is 19.5. The quantitative estimate of drug-likeness (QED) is 0.128. The van der Waals surface area contributed by atoms with Crippen LogP contribution in [-0.4, -0.2) is 14.5 Å². The van der Waals surface area contributed by atoms with E-state index in [1.165, 1.54) is 50.2 Å². The second-order valence-corrected chi connectivity index (χ2v) is 15.1. The van der Waals surface area contributed by atoms with E-state index >= 15 is 0 Å². The minimum atomic E-state index is 0. The maximum absolute atomic E-state index is 4.99. The third-order valence-electron chi connectivity index (χ3n) is 10.6. The Morgan fingerprint density at radius 2 is 1.09 bits per heavy atom. The molecule has 0 bridgehead atoms. The zero-order valence-electron chi connectivity index (χ0n) is 33.3. The van der Waals surface area contributed by atoms with E-state index < -0.39 is 0 Å². The van der Waals surface area contributed by atoms with Gasteiger partial charge in [0.1, 0.15) is 0 Å². The Labute approximate surface area is 352 Å². The number of nitrogens with zero attached hydrogens (tertiary/aromatic N) is 4. The van der Waals surface area contributed by atoms with Crippen molar-refractivity contribution in [2.45, 2.75) is 53.4 Å². The molecule has 0 unspecified atom stereocenters. The summed E-state index contributed by atoms with van der Waals surface area (Å²) in [5.74, 6) is 1.40.